The zero-order valence-electron chi connectivity index (χ0n) is 14.3. The molecular weight excluding hydrogens is 320 g/mol. The third-order valence-corrected chi connectivity index (χ3v) is 3.69. The fourth-order valence-electron chi connectivity index (χ4n) is 2.45. The van der Waals surface area contributed by atoms with E-state index in [1.165, 1.54) is 19.3 Å². The SMILES string of the molecule is CN(C(=O)OC(C)(C)C)[C@H]1CN(c2nccc(N)n2)CCC1(F)F. The standard InChI is InChI=1S/C15H23F2N5O2/c1-14(2,3)24-13(23)21(4)10-9-22(8-6-15(10,16)17)12-19-7-5-11(18)20-12/h5,7,10H,6,8-9H2,1-4H3,(H2,18,19,20)/t10-/m0/s1. The minimum atomic E-state index is -3.03. The lowest BCUT2D eigenvalue weighted by atomic mass is 10.00. The van der Waals surface area contributed by atoms with Crippen LogP contribution in [0.25, 0.3) is 0 Å². The topological polar surface area (TPSA) is 84.6 Å². The molecule has 0 aromatic carbocycles. The van der Waals surface area contributed by atoms with Crippen LogP contribution < -0.4 is 10.6 Å². The molecule has 0 aliphatic carbocycles. The van der Waals surface area contributed by atoms with Gasteiger partial charge in [0.2, 0.25) is 5.95 Å². The number of hydrogen-bond donors (Lipinski definition) is 1. The minimum Gasteiger partial charge on any atom is -0.444 e. The Labute approximate surface area is 139 Å². The summed E-state index contributed by atoms with van der Waals surface area (Å²) in [5.41, 5.74) is 4.86. The summed E-state index contributed by atoms with van der Waals surface area (Å²) in [6.07, 6.45) is 0.266. The van der Waals surface area contributed by atoms with E-state index >= 15 is 0 Å². The minimum absolute atomic E-state index is 0.0785. The molecule has 7 nitrogen and oxygen atoms in total. The second kappa shape index (κ2) is 6.37. The Hall–Kier alpha value is -2.19. The molecule has 0 radical (unpaired) electrons. The number of nitrogen functional groups attached to an aromatic ring is 1. The molecule has 1 atom stereocenters. The van der Waals surface area contributed by atoms with Crippen molar-refractivity contribution in [2.75, 3.05) is 30.8 Å². The van der Waals surface area contributed by atoms with E-state index in [9.17, 15) is 13.6 Å². The number of piperidine rings is 1. The Morgan fingerprint density at radius 1 is 1.50 bits per heavy atom. The molecule has 1 amide bonds. The summed E-state index contributed by atoms with van der Waals surface area (Å²) in [4.78, 5) is 22.8. The normalized spacial score (nSPS) is 20.6. The van der Waals surface area contributed by atoms with Crippen LogP contribution in [0.1, 0.15) is 27.2 Å². The van der Waals surface area contributed by atoms with Crippen molar-refractivity contribution in [2.24, 2.45) is 0 Å². The summed E-state index contributed by atoms with van der Waals surface area (Å²) >= 11 is 0. The highest BCUT2D eigenvalue weighted by molar-refractivity contribution is 5.68. The van der Waals surface area contributed by atoms with Crippen LogP contribution in [0.2, 0.25) is 0 Å². The number of carbonyl (C=O) groups excluding carboxylic acids is 1. The van der Waals surface area contributed by atoms with Gasteiger partial charge in [-0.2, -0.15) is 4.98 Å². The maximum atomic E-state index is 14.3. The summed E-state index contributed by atoms with van der Waals surface area (Å²) in [5.74, 6) is -2.50. The molecule has 0 bridgehead atoms. The average molecular weight is 343 g/mol. The zero-order chi connectivity index (χ0) is 18.1. The number of carbonyl (C=O) groups is 1. The first-order valence-corrected chi connectivity index (χ1v) is 7.67. The van der Waals surface area contributed by atoms with Crippen molar-refractivity contribution in [3.05, 3.63) is 12.3 Å². The van der Waals surface area contributed by atoms with Crippen LogP contribution in [0, 0.1) is 0 Å². The summed E-state index contributed by atoms with van der Waals surface area (Å²) in [6.45, 7) is 5.03. The van der Waals surface area contributed by atoms with E-state index in [0.717, 1.165) is 4.90 Å². The number of rotatable bonds is 2. The van der Waals surface area contributed by atoms with Crippen molar-refractivity contribution >= 4 is 17.9 Å². The molecule has 1 aromatic rings. The Bertz CT molecular complexity index is 606. The molecule has 1 aromatic heterocycles. The average Bonchev–Trinajstić information content (AvgIpc) is 2.44. The molecule has 2 heterocycles. The van der Waals surface area contributed by atoms with Crippen molar-refractivity contribution < 1.29 is 18.3 Å². The second-order valence-corrected chi connectivity index (χ2v) is 6.85. The van der Waals surface area contributed by atoms with Crippen molar-refractivity contribution in [3.8, 4) is 0 Å². The van der Waals surface area contributed by atoms with E-state index in [4.69, 9.17) is 10.5 Å². The van der Waals surface area contributed by atoms with Gasteiger partial charge in [-0.05, 0) is 26.8 Å². The Kier molecular flexibility index (Phi) is 4.82. The lowest BCUT2D eigenvalue weighted by Gasteiger charge is -2.42. The lowest BCUT2D eigenvalue weighted by molar-refractivity contribution is -0.0891. The first-order chi connectivity index (χ1) is 11.0. The summed E-state index contributed by atoms with van der Waals surface area (Å²) in [7, 11) is 1.32. The van der Waals surface area contributed by atoms with Crippen LogP contribution in [-0.4, -0.2) is 58.7 Å². The van der Waals surface area contributed by atoms with Crippen LogP contribution in [-0.2, 0) is 4.74 Å². The number of likely N-dealkylation sites (N-methyl/N-ethyl adjacent to an activating group) is 1. The Balaban J connectivity index is 2.18. The smallest absolute Gasteiger partial charge is 0.410 e. The van der Waals surface area contributed by atoms with Gasteiger partial charge in [-0.25, -0.2) is 18.6 Å². The number of halogens is 2. The number of alkyl halides is 2. The van der Waals surface area contributed by atoms with Crippen molar-refractivity contribution in [3.63, 3.8) is 0 Å². The third kappa shape index (κ3) is 4.21. The van der Waals surface area contributed by atoms with E-state index < -0.39 is 30.1 Å². The van der Waals surface area contributed by atoms with E-state index in [0.29, 0.717) is 0 Å². The largest absolute Gasteiger partial charge is 0.444 e. The van der Waals surface area contributed by atoms with Crippen LogP contribution in [0.3, 0.4) is 0 Å². The van der Waals surface area contributed by atoms with E-state index in [1.807, 2.05) is 0 Å². The molecule has 1 saturated heterocycles. The van der Waals surface area contributed by atoms with Gasteiger partial charge < -0.3 is 20.3 Å². The molecule has 1 fully saturated rings. The monoisotopic (exact) mass is 343 g/mol. The molecule has 0 unspecified atom stereocenters. The summed E-state index contributed by atoms with van der Waals surface area (Å²) in [6, 6.07) is 0.179. The van der Waals surface area contributed by atoms with Gasteiger partial charge in [0.05, 0.1) is 0 Å². The van der Waals surface area contributed by atoms with Crippen LogP contribution in [0.5, 0.6) is 0 Å². The van der Waals surface area contributed by atoms with E-state index in [1.54, 1.807) is 25.7 Å². The maximum Gasteiger partial charge on any atom is 0.410 e. The molecule has 2 N–H and O–H groups in total. The highest BCUT2D eigenvalue weighted by atomic mass is 19.3. The van der Waals surface area contributed by atoms with Gasteiger partial charge in [0.25, 0.3) is 5.92 Å². The second-order valence-electron chi connectivity index (χ2n) is 6.85. The van der Waals surface area contributed by atoms with Gasteiger partial charge in [0.1, 0.15) is 17.5 Å². The molecule has 9 heteroatoms. The molecule has 1 aliphatic heterocycles. The molecule has 134 valence electrons. The first-order valence-electron chi connectivity index (χ1n) is 7.67. The number of hydrogen-bond acceptors (Lipinski definition) is 6. The Morgan fingerprint density at radius 2 is 2.17 bits per heavy atom. The van der Waals surface area contributed by atoms with Crippen molar-refractivity contribution in [1.82, 2.24) is 14.9 Å². The van der Waals surface area contributed by atoms with Crippen molar-refractivity contribution in [2.45, 2.75) is 44.8 Å². The number of aromatic nitrogens is 2. The predicted molar refractivity (Wildman–Crippen MR) is 86.0 cm³/mol. The maximum absolute atomic E-state index is 14.3. The van der Waals surface area contributed by atoms with Gasteiger partial charge in [-0.15, -0.1) is 0 Å². The zero-order valence-corrected chi connectivity index (χ0v) is 14.3. The third-order valence-electron chi connectivity index (χ3n) is 3.69. The number of anilines is 2. The van der Waals surface area contributed by atoms with Crippen molar-refractivity contribution in [1.29, 1.82) is 0 Å². The summed E-state index contributed by atoms with van der Waals surface area (Å²) < 4.78 is 33.9. The lowest BCUT2D eigenvalue weighted by Crippen LogP contribution is -2.60. The highest BCUT2D eigenvalue weighted by Crippen LogP contribution is 2.33. The number of nitrogens with zero attached hydrogens (tertiary/aromatic N) is 4. The van der Waals surface area contributed by atoms with Gasteiger partial charge in [-0.3, -0.25) is 0 Å². The highest BCUT2D eigenvalue weighted by Gasteiger charge is 2.48. The number of amides is 1. The van der Waals surface area contributed by atoms with Gasteiger partial charge in [-0.1, -0.05) is 0 Å². The molecule has 2 rings (SSSR count). The molecule has 0 spiro atoms. The number of nitrogens with two attached hydrogens (primary N) is 1. The van der Waals surface area contributed by atoms with Gasteiger partial charge >= 0.3 is 6.09 Å². The Morgan fingerprint density at radius 3 is 2.75 bits per heavy atom. The van der Waals surface area contributed by atoms with Crippen LogP contribution >= 0.6 is 0 Å². The fraction of sp³-hybridized carbons (Fsp3) is 0.667. The fourth-order valence-corrected chi connectivity index (χ4v) is 2.45. The molecular formula is C15H23F2N5O2. The first kappa shape index (κ1) is 18.2. The van der Waals surface area contributed by atoms with Crippen LogP contribution in [0.4, 0.5) is 25.3 Å². The summed E-state index contributed by atoms with van der Waals surface area (Å²) in [5, 5.41) is 0. The number of ether oxygens (including phenoxy) is 1. The molecule has 0 saturated carbocycles. The quantitative estimate of drug-likeness (QED) is 0.886. The predicted octanol–water partition coefficient (Wildman–Crippen LogP) is 2.14. The van der Waals surface area contributed by atoms with Crippen LogP contribution in [0.15, 0.2) is 12.3 Å². The van der Waals surface area contributed by atoms with E-state index in [2.05, 4.69) is 9.97 Å². The van der Waals surface area contributed by atoms with E-state index in [-0.39, 0.29) is 24.9 Å². The van der Waals surface area contributed by atoms with Gasteiger partial charge in [0.15, 0.2) is 0 Å². The van der Waals surface area contributed by atoms with Gasteiger partial charge in [0, 0.05) is 32.8 Å². The molecule has 1 aliphatic rings. The molecule has 24 heavy (non-hydrogen) atoms.